The zero-order chi connectivity index (χ0) is 9.61. The number of nitrogens with two attached hydrogens (primary N) is 1. The summed E-state index contributed by atoms with van der Waals surface area (Å²) in [5.74, 6) is 0. The molecule has 0 aromatic rings. The summed E-state index contributed by atoms with van der Waals surface area (Å²) < 4.78 is 5.09. The van der Waals surface area contributed by atoms with Gasteiger partial charge in [-0.15, -0.1) is 0 Å². The van der Waals surface area contributed by atoms with Crippen LogP contribution in [-0.4, -0.2) is 31.8 Å². The molecule has 3 heteroatoms. The summed E-state index contributed by atoms with van der Waals surface area (Å²) in [7, 11) is 1.72. The zero-order valence-corrected chi connectivity index (χ0v) is 8.68. The van der Waals surface area contributed by atoms with E-state index in [0.29, 0.717) is 0 Å². The maximum Gasteiger partial charge on any atom is 0.0667 e. The van der Waals surface area contributed by atoms with Crippen molar-refractivity contribution in [3.63, 3.8) is 0 Å². The Balaban J connectivity index is 3.22. The molecule has 12 heavy (non-hydrogen) atoms. The standard InChI is InChI=1S/C9H22N2O/c1-8(12-4)7-11-6-5-9(2,3)10/h8,11H,5-7,10H2,1-4H3. The third-order valence-electron chi connectivity index (χ3n) is 1.78. The molecule has 0 saturated heterocycles. The summed E-state index contributed by atoms with van der Waals surface area (Å²) in [4.78, 5) is 0. The van der Waals surface area contributed by atoms with Crippen molar-refractivity contribution in [1.82, 2.24) is 5.32 Å². The van der Waals surface area contributed by atoms with Gasteiger partial charge in [-0.1, -0.05) is 0 Å². The first-order valence-electron chi connectivity index (χ1n) is 4.48. The van der Waals surface area contributed by atoms with E-state index in [1.54, 1.807) is 7.11 Å². The summed E-state index contributed by atoms with van der Waals surface area (Å²) in [6.45, 7) is 7.97. The molecule has 0 saturated carbocycles. The molecule has 0 rings (SSSR count). The first-order valence-corrected chi connectivity index (χ1v) is 4.48. The highest BCUT2D eigenvalue weighted by molar-refractivity contribution is 4.72. The SMILES string of the molecule is COC(C)CNCCC(C)(C)N. The van der Waals surface area contributed by atoms with Gasteiger partial charge in [0, 0.05) is 19.2 Å². The van der Waals surface area contributed by atoms with Crippen LogP contribution in [0.25, 0.3) is 0 Å². The van der Waals surface area contributed by atoms with Crippen molar-refractivity contribution in [3.8, 4) is 0 Å². The van der Waals surface area contributed by atoms with Gasteiger partial charge in [0.15, 0.2) is 0 Å². The molecule has 0 heterocycles. The predicted octanol–water partition coefficient (Wildman–Crippen LogP) is 0.738. The lowest BCUT2D eigenvalue weighted by Crippen LogP contribution is -2.37. The maximum absolute atomic E-state index is 5.81. The molecule has 0 aromatic heterocycles. The van der Waals surface area contributed by atoms with Crippen LogP contribution in [0.1, 0.15) is 27.2 Å². The van der Waals surface area contributed by atoms with E-state index in [1.807, 2.05) is 20.8 Å². The Morgan fingerprint density at radius 1 is 1.50 bits per heavy atom. The minimum Gasteiger partial charge on any atom is -0.380 e. The molecule has 0 amide bonds. The van der Waals surface area contributed by atoms with E-state index in [1.165, 1.54) is 0 Å². The number of methoxy groups -OCH3 is 1. The molecule has 0 radical (unpaired) electrons. The number of rotatable bonds is 6. The van der Waals surface area contributed by atoms with Crippen molar-refractivity contribution in [3.05, 3.63) is 0 Å². The highest BCUT2D eigenvalue weighted by Gasteiger charge is 2.09. The second kappa shape index (κ2) is 5.51. The predicted molar refractivity (Wildman–Crippen MR) is 52.2 cm³/mol. The largest absolute Gasteiger partial charge is 0.380 e. The molecule has 0 aromatic carbocycles. The van der Waals surface area contributed by atoms with Gasteiger partial charge in [-0.05, 0) is 33.7 Å². The van der Waals surface area contributed by atoms with Crippen LogP contribution in [0.4, 0.5) is 0 Å². The second-order valence-electron chi connectivity index (χ2n) is 3.99. The molecule has 0 aliphatic heterocycles. The topological polar surface area (TPSA) is 47.3 Å². The molecule has 0 spiro atoms. The van der Waals surface area contributed by atoms with Crippen LogP contribution >= 0.6 is 0 Å². The number of ether oxygens (including phenoxy) is 1. The fourth-order valence-electron chi connectivity index (χ4n) is 0.799. The van der Waals surface area contributed by atoms with Gasteiger partial charge in [-0.3, -0.25) is 0 Å². The first-order chi connectivity index (χ1) is 5.45. The van der Waals surface area contributed by atoms with Crippen LogP contribution in [0.5, 0.6) is 0 Å². The molecule has 0 aliphatic rings. The first kappa shape index (κ1) is 11.9. The summed E-state index contributed by atoms with van der Waals surface area (Å²) in [5, 5.41) is 3.29. The summed E-state index contributed by atoms with van der Waals surface area (Å²) in [5.41, 5.74) is 5.75. The fourth-order valence-corrected chi connectivity index (χ4v) is 0.799. The van der Waals surface area contributed by atoms with Crippen LogP contribution in [0.15, 0.2) is 0 Å². The monoisotopic (exact) mass is 174 g/mol. The van der Waals surface area contributed by atoms with Crippen LogP contribution in [0, 0.1) is 0 Å². The quantitative estimate of drug-likeness (QED) is 0.584. The van der Waals surface area contributed by atoms with E-state index in [0.717, 1.165) is 19.5 Å². The Kier molecular flexibility index (Phi) is 5.46. The van der Waals surface area contributed by atoms with Gasteiger partial charge in [0.05, 0.1) is 6.10 Å². The van der Waals surface area contributed by atoms with Crippen LogP contribution in [-0.2, 0) is 4.74 Å². The Morgan fingerprint density at radius 2 is 2.08 bits per heavy atom. The van der Waals surface area contributed by atoms with E-state index in [2.05, 4.69) is 5.32 Å². The lowest BCUT2D eigenvalue weighted by atomic mass is 10.0. The molecule has 3 nitrogen and oxygen atoms in total. The smallest absolute Gasteiger partial charge is 0.0667 e. The normalized spacial score (nSPS) is 14.8. The van der Waals surface area contributed by atoms with Crippen molar-refractivity contribution in [2.45, 2.75) is 38.8 Å². The average Bonchev–Trinajstić information content (AvgIpc) is 1.96. The van der Waals surface area contributed by atoms with E-state index in [9.17, 15) is 0 Å². The summed E-state index contributed by atoms with van der Waals surface area (Å²) >= 11 is 0. The molecule has 0 fully saturated rings. The lowest BCUT2D eigenvalue weighted by Gasteiger charge is -2.19. The van der Waals surface area contributed by atoms with Gasteiger partial charge in [0.25, 0.3) is 0 Å². The van der Waals surface area contributed by atoms with Crippen molar-refractivity contribution in [2.75, 3.05) is 20.2 Å². The molecule has 74 valence electrons. The molecule has 3 N–H and O–H groups in total. The Labute approximate surface area is 75.7 Å². The van der Waals surface area contributed by atoms with E-state index < -0.39 is 0 Å². The van der Waals surface area contributed by atoms with Crippen molar-refractivity contribution in [1.29, 1.82) is 0 Å². The maximum atomic E-state index is 5.81. The number of hydrogen-bond acceptors (Lipinski definition) is 3. The van der Waals surface area contributed by atoms with Gasteiger partial charge in [-0.2, -0.15) is 0 Å². The Morgan fingerprint density at radius 3 is 2.50 bits per heavy atom. The van der Waals surface area contributed by atoms with Gasteiger partial charge in [0.1, 0.15) is 0 Å². The molecular formula is C9H22N2O. The van der Waals surface area contributed by atoms with E-state index in [4.69, 9.17) is 10.5 Å². The van der Waals surface area contributed by atoms with Gasteiger partial charge in [-0.25, -0.2) is 0 Å². The van der Waals surface area contributed by atoms with Gasteiger partial charge < -0.3 is 15.8 Å². The molecule has 1 unspecified atom stereocenters. The zero-order valence-electron chi connectivity index (χ0n) is 8.68. The number of hydrogen-bond donors (Lipinski definition) is 2. The molecular weight excluding hydrogens is 152 g/mol. The number of nitrogens with one attached hydrogen (secondary N) is 1. The second-order valence-corrected chi connectivity index (χ2v) is 3.99. The fraction of sp³-hybridized carbons (Fsp3) is 1.00. The third kappa shape index (κ3) is 7.98. The highest BCUT2D eigenvalue weighted by atomic mass is 16.5. The minimum atomic E-state index is -0.0662. The molecule has 0 bridgehead atoms. The van der Waals surface area contributed by atoms with E-state index in [-0.39, 0.29) is 11.6 Å². The van der Waals surface area contributed by atoms with Crippen LogP contribution < -0.4 is 11.1 Å². The van der Waals surface area contributed by atoms with Crippen LogP contribution in [0.3, 0.4) is 0 Å². The molecule has 0 aliphatic carbocycles. The van der Waals surface area contributed by atoms with Gasteiger partial charge in [0.2, 0.25) is 0 Å². The summed E-state index contributed by atoms with van der Waals surface area (Å²) in [6.07, 6.45) is 1.27. The van der Waals surface area contributed by atoms with Crippen molar-refractivity contribution >= 4 is 0 Å². The highest BCUT2D eigenvalue weighted by Crippen LogP contribution is 2.00. The Bertz CT molecular complexity index is 110. The van der Waals surface area contributed by atoms with Crippen LogP contribution in [0.2, 0.25) is 0 Å². The third-order valence-corrected chi connectivity index (χ3v) is 1.78. The minimum absolute atomic E-state index is 0.0662. The molecule has 1 atom stereocenters. The van der Waals surface area contributed by atoms with Gasteiger partial charge >= 0.3 is 0 Å². The Hall–Kier alpha value is -0.120. The lowest BCUT2D eigenvalue weighted by molar-refractivity contribution is 0.117. The van der Waals surface area contributed by atoms with Crippen molar-refractivity contribution in [2.24, 2.45) is 5.73 Å². The van der Waals surface area contributed by atoms with E-state index >= 15 is 0 Å². The average molecular weight is 174 g/mol. The van der Waals surface area contributed by atoms with Crippen molar-refractivity contribution < 1.29 is 4.74 Å². The summed E-state index contributed by atoms with van der Waals surface area (Å²) in [6, 6.07) is 0.